The number of hydrogen-bond acceptors (Lipinski definition) is 2. The number of para-hydroxylation sites is 2. The molecule has 0 saturated carbocycles. The van der Waals surface area contributed by atoms with Crippen LogP contribution in [0, 0.1) is 0 Å². The molecule has 38 heavy (non-hydrogen) atoms. The van der Waals surface area contributed by atoms with Crippen molar-refractivity contribution in [3.63, 3.8) is 0 Å². The molecule has 0 atom stereocenters. The standard InChI is InChI=1S/C34H49N3O/c1-2-3-4-5-6-7-8-9-10-11-12-13-14-20-29-37-32-24-19-18-23-31(32)36-33(37)27-28-35-34(38)26-25-30-21-16-15-17-22-30/h15-19,21-26H,2-14,20,27-29H2,1H3,(H,35,38)/b26-25+. The normalized spacial score (nSPS) is 11.5. The summed E-state index contributed by atoms with van der Waals surface area (Å²) in [5.74, 6) is 0.997. The van der Waals surface area contributed by atoms with Crippen LogP contribution in [0.15, 0.2) is 60.7 Å². The van der Waals surface area contributed by atoms with Gasteiger partial charge in [-0.15, -0.1) is 0 Å². The molecule has 0 spiro atoms. The summed E-state index contributed by atoms with van der Waals surface area (Å²) >= 11 is 0. The average Bonchev–Trinajstić information content (AvgIpc) is 3.30. The number of carbonyl (C=O) groups excluding carboxylic acids is 1. The van der Waals surface area contributed by atoms with Gasteiger partial charge >= 0.3 is 0 Å². The zero-order valence-corrected chi connectivity index (χ0v) is 23.7. The zero-order chi connectivity index (χ0) is 26.7. The predicted molar refractivity (Wildman–Crippen MR) is 162 cm³/mol. The van der Waals surface area contributed by atoms with Gasteiger partial charge in [-0.2, -0.15) is 0 Å². The van der Waals surface area contributed by atoms with Gasteiger partial charge in [-0.05, 0) is 30.2 Å². The van der Waals surface area contributed by atoms with Crippen molar-refractivity contribution in [1.29, 1.82) is 0 Å². The van der Waals surface area contributed by atoms with Gasteiger partial charge in [0.05, 0.1) is 11.0 Å². The largest absolute Gasteiger partial charge is 0.352 e. The number of benzene rings is 2. The highest BCUT2D eigenvalue weighted by atomic mass is 16.1. The van der Waals surface area contributed by atoms with E-state index in [-0.39, 0.29) is 5.91 Å². The molecule has 4 heteroatoms. The van der Waals surface area contributed by atoms with E-state index >= 15 is 0 Å². The first kappa shape index (κ1) is 29.7. The summed E-state index contributed by atoms with van der Waals surface area (Å²) in [5, 5.41) is 3.01. The lowest BCUT2D eigenvalue weighted by Crippen LogP contribution is -2.24. The third-order valence-corrected chi connectivity index (χ3v) is 7.34. The molecule has 4 nitrogen and oxygen atoms in total. The minimum absolute atomic E-state index is 0.0662. The summed E-state index contributed by atoms with van der Waals surface area (Å²) in [6.07, 6.45) is 23.4. The van der Waals surface area contributed by atoms with Gasteiger partial charge in [0.1, 0.15) is 5.82 Å². The smallest absolute Gasteiger partial charge is 0.244 e. The SMILES string of the molecule is CCCCCCCCCCCCCCCCn1c(CCNC(=O)/C=C/c2ccccc2)nc2ccccc21. The monoisotopic (exact) mass is 515 g/mol. The van der Waals surface area contributed by atoms with E-state index in [4.69, 9.17) is 4.98 Å². The molecule has 0 saturated heterocycles. The van der Waals surface area contributed by atoms with Crippen LogP contribution < -0.4 is 5.32 Å². The maximum atomic E-state index is 12.3. The van der Waals surface area contributed by atoms with Crippen molar-refractivity contribution in [2.24, 2.45) is 0 Å². The van der Waals surface area contributed by atoms with E-state index in [1.54, 1.807) is 6.08 Å². The molecule has 0 unspecified atom stereocenters. The van der Waals surface area contributed by atoms with E-state index in [1.165, 1.54) is 95.4 Å². The second kappa shape index (κ2) is 18.4. The van der Waals surface area contributed by atoms with Gasteiger partial charge in [0.25, 0.3) is 0 Å². The molecule has 1 heterocycles. The zero-order valence-electron chi connectivity index (χ0n) is 23.7. The van der Waals surface area contributed by atoms with Crippen LogP contribution in [0.4, 0.5) is 0 Å². The Balaban J connectivity index is 1.32. The Bertz CT molecular complexity index is 1070. The summed E-state index contributed by atoms with van der Waals surface area (Å²) in [4.78, 5) is 17.1. The summed E-state index contributed by atoms with van der Waals surface area (Å²) in [5.41, 5.74) is 3.27. The van der Waals surface area contributed by atoms with Crippen molar-refractivity contribution in [1.82, 2.24) is 14.9 Å². The molecule has 0 aliphatic heterocycles. The van der Waals surface area contributed by atoms with Crippen LogP contribution in [0.3, 0.4) is 0 Å². The van der Waals surface area contributed by atoms with Crippen LogP contribution in [0.5, 0.6) is 0 Å². The van der Waals surface area contributed by atoms with E-state index in [0.717, 1.165) is 29.9 Å². The van der Waals surface area contributed by atoms with Gasteiger partial charge in [-0.25, -0.2) is 4.98 Å². The van der Waals surface area contributed by atoms with E-state index < -0.39 is 0 Å². The first-order valence-corrected chi connectivity index (χ1v) is 15.2. The molecule has 0 aliphatic rings. The average molecular weight is 516 g/mol. The lowest BCUT2D eigenvalue weighted by atomic mass is 10.0. The molecule has 3 rings (SSSR count). The fourth-order valence-electron chi connectivity index (χ4n) is 5.12. The fourth-order valence-corrected chi connectivity index (χ4v) is 5.12. The van der Waals surface area contributed by atoms with Gasteiger partial charge in [-0.3, -0.25) is 4.79 Å². The molecule has 0 radical (unpaired) electrons. The number of nitrogens with one attached hydrogen (secondary N) is 1. The molecule has 1 amide bonds. The highest BCUT2D eigenvalue weighted by Gasteiger charge is 2.10. The van der Waals surface area contributed by atoms with Crippen LogP contribution in [-0.4, -0.2) is 22.0 Å². The van der Waals surface area contributed by atoms with Crippen molar-refractivity contribution < 1.29 is 4.79 Å². The molecule has 3 aromatic rings. The highest BCUT2D eigenvalue weighted by Crippen LogP contribution is 2.18. The first-order valence-electron chi connectivity index (χ1n) is 15.2. The number of aromatic nitrogens is 2. The molecule has 0 bridgehead atoms. The summed E-state index contributed by atoms with van der Waals surface area (Å²) < 4.78 is 2.36. The number of imidazole rings is 1. The predicted octanol–water partition coefficient (Wildman–Crippen LogP) is 8.89. The molecule has 1 aromatic heterocycles. The van der Waals surface area contributed by atoms with Crippen LogP contribution >= 0.6 is 0 Å². The molecule has 0 fully saturated rings. The Morgan fingerprint density at radius 1 is 0.763 bits per heavy atom. The van der Waals surface area contributed by atoms with Gasteiger partial charge in [0.2, 0.25) is 5.91 Å². The van der Waals surface area contributed by atoms with Crippen LogP contribution in [0.2, 0.25) is 0 Å². The maximum absolute atomic E-state index is 12.3. The van der Waals surface area contributed by atoms with Gasteiger partial charge in [0, 0.05) is 25.6 Å². The van der Waals surface area contributed by atoms with E-state index in [2.05, 4.69) is 35.0 Å². The Morgan fingerprint density at radius 2 is 1.34 bits per heavy atom. The number of hydrogen-bond donors (Lipinski definition) is 1. The maximum Gasteiger partial charge on any atom is 0.244 e. The van der Waals surface area contributed by atoms with Crippen LogP contribution in [0.25, 0.3) is 17.1 Å². The Kier molecular flexibility index (Phi) is 14.4. The third-order valence-electron chi connectivity index (χ3n) is 7.34. The lowest BCUT2D eigenvalue weighted by Gasteiger charge is -2.10. The number of carbonyl (C=O) groups is 1. The third kappa shape index (κ3) is 11.2. The molecule has 206 valence electrons. The number of fused-ring (bicyclic) bond motifs is 1. The number of amides is 1. The minimum Gasteiger partial charge on any atom is -0.352 e. The molecule has 1 N–H and O–H groups in total. The molecular weight excluding hydrogens is 466 g/mol. The van der Waals surface area contributed by atoms with E-state index in [0.29, 0.717) is 6.54 Å². The molecular formula is C34H49N3O. The summed E-state index contributed by atoms with van der Waals surface area (Å²) in [7, 11) is 0. The van der Waals surface area contributed by atoms with Crippen molar-refractivity contribution in [2.45, 2.75) is 110 Å². The second-order valence-corrected chi connectivity index (χ2v) is 10.5. The van der Waals surface area contributed by atoms with E-state index in [9.17, 15) is 4.79 Å². The second-order valence-electron chi connectivity index (χ2n) is 10.5. The van der Waals surface area contributed by atoms with Crippen LogP contribution in [0.1, 0.15) is 108 Å². The molecule has 0 aliphatic carbocycles. The first-order chi connectivity index (χ1) is 18.8. The minimum atomic E-state index is -0.0662. The van der Waals surface area contributed by atoms with Crippen molar-refractivity contribution in [3.05, 3.63) is 72.1 Å². The highest BCUT2D eigenvalue weighted by molar-refractivity contribution is 5.91. The Labute approximate surface area is 230 Å². The lowest BCUT2D eigenvalue weighted by molar-refractivity contribution is -0.116. The van der Waals surface area contributed by atoms with Crippen molar-refractivity contribution in [2.75, 3.05) is 6.54 Å². The quantitative estimate of drug-likeness (QED) is 0.121. The van der Waals surface area contributed by atoms with Crippen molar-refractivity contribution >= 4 is 23.0 Å². The van der Waals surface area contributed by atoms with Gasteiger partial charge < -0.3 is 9.88 Å². The number of unbranched alkanes of at least 4 members (excludes halogenated alkanes) is 13. The molecule has 2 aromatic carbocycles. The van der Waals surface area contributed by atoms with Crippen LogP contribution in [-0.2, 0) is 17.8 Å². The summed E-state index contributed by atoms with van der Waals surface area (Å²) in [6, 6.07) is 18.3. The summed E-state index contributed by atoms with van der Waals surface area (Å²) in [6.45, 7) is 3.86. The topological polar surface area (TPSA) is 46.9 Å². The number of aryl methyl sites for hydroxylation is 1. The van der Waals surface area contributed by atoms with Gasteiger partial charge in [0.15, 0.2) is 0 Å². The van der Waals surface area contributed by atoms with Gasteiger partial charge in [-0.1, -0.05) is 133 Å². The number of rotatable bonds is 20. The Hall–Kier alpha value is -2.88. The van der Waals surface area contributed by atoms with Crippen molar-refractivity contribution in [3.8, 4) is 0 Å². The fraction of sp³-hybridized carbons (Fsp3) is 0.529. The van der Waals surface area contributed by atoms with E-state index in [1.807, 2.05) is 42.5 Å². The number of nitrogens with zero attached hydrogens (tertiary/aromatic N) is 2. The Morgan fingerprint density at radius 3 is 2.00 bits per heavy atom.